The fourth-order valence-electron chi connectivity index (χ4n) is 1.93. The number of hydrogen-bond donors (Lipinski definition) is 1. The van der Waals surface area contributed by atoms with Crippen LogP contribution in [0, 0.1) is 5.92 Å². The van der Waals surface area contributed by atoms with Gasteiger partial charge in [-0.2, -0.15) is 0 Å². The van der Waals surface area contributed by atoms with Crippen LogP contribution in [0.3, 0.4) is 0 Å². The Morgan fingerprint density at radius 2 is 2.00 bits per heavy atom. The zero-order valence-corrected chi connectivity index (χ0v) is 13.0. The molecule has 0 amide bonds. The second-order valence-corrected chi connectivity index (χ2v) is 5.59. The number of nitrogens with two attached hydrogens (primary N) is 1. The van der Waals surface area contributed by atoms with Gasteiger partial charge in [0.2, 0.25) is 0 Å². The van der Waals surface area contributed by atoms with Crippen LogP contribution < -0.4 is 5.73 Å². The summed E-state index contributed by atoms with van der Waals surface area (Å²) in [5, 5.41) is 0. The standard InChI is InChI=1S/C15H22BrNO2/c1-2-12(9-10-17)5-8-15(18)19-11-13-3-6-14(16)7-4-13/h3-4,6-7,12H,2,5,8-11,17H2,1H3. The Morgan fingerprint density at radius 3 is 2.58 bits per heavy atom. The van der Waals surface area contributed by atoms with Gasteiger partial charge in [0.05, 0.1) is 0 Å². The van der Waals surface area contributed by atoms with Crippen molar-refractivity contribution < 1.29 is 9.53 Å². The second-order valence-electron chi connectivity index (χ2n) is 4.68. The smallest absolute Gasteiger partial charge is 0.306 e. The summed E-state index contributed by atoms with van der Waals surface area (Å²) >= 11 is 3.37. The van der Waals surface area contributed by atoms with Crippen LogP contribution in [0.15, 0.2) is 28.7 Å². The third-order valence-electron chi connectivity index (χ3n) is 3.22. The van der Waals surface area contributed by atoms with Crippen LogP contribution in [-0.4, -0.2) is 12.5 Å². The molecule has 0 aliphatic rings. The van der Waals surface area contributed by atoms with E-state index in [1.54, 1.807) is 0 Å². The van der Waals surface area contributed by atoms with Gasteiger partial charge in [-0.25, -0.2) is 0 Å². The third-order valence-corrected chi connectivity index (χ3v) is 3.75. The SMILES string of the molecule is CCC(CCN)CCC(=O)OCc1ccc(Br)cc1. The molecule has 3 nitrogen and oxygen atoms in total. The molecular formula is C15H22BrNO2. The topological polar surface area (TPSA) is 52.3 Å². The van der Waals surface area contributed by atoms with E-state index in [2.05, 4.69) is 22.9 Å². The number of carbonyl (C=O) groups is 1. The fourth-order valence-corrected chi connectivity index (χ4v) is 2.19. The quantitative estimate of drug-likeness (QED) is 0.741. The molecule has 1 aromatic carbocycles. The highest BCUT2D eigenvalue weighted by atomic mass is 79.9. The molecule has 1 atom stereocenters. The molecule has 4 heteroatoms. The van der Waals surface area contributed by atoms with Gasteiger partial charge in [0.25, 0.3) is 0 Å². The van der Waals surface area contributed by atoms with Crippen molar-refractivity contribution in [3.05, 3.63) is 34.3 Å². The van der Waals surface area contributed by atoms with Crippen LogP contribution in [-0.2, 0) is 16.1 Å². The van der Waals surface area contributed by atoms with Crippen molar-refractivity contribution >= 4 is 21.9 Å². The van der Waals surface area contributed by atoms with Crippen LogP contribution in [0.1, 0.15) is 38.2 Å². The minimum atomic E-state index is -0.126. The normalized spacial score (nSPS) is 12.2. The van der Waals surface area contributed by atoms with Gasteiger partial charge in [-0.1, -0.05) is 41.4 Å². The number of benzene rings is 1. The summed E-state index contributed by atoms with van der Waals surface area (Å²) in [4.78, 5) is 11.6. The van der Waals surface area contributed by atoms with E-state index in [1.165, 1.54) is 0 Å². The highest BCUT2D eigenvalue weighted by Gasteiger charge is 2.10. The predicted molar refractivity (Wildman–Crippen MR) is 80.6 cm³/mol. The maximum Gasteiger partial charge on any atom is 0.306 e. The summed E-state index contributed by atoms with van der Waals surface area (Å²) in [6, 6.07) is 7.77. The summed E-state index contributed by atoms with van der Waals surface area (Å²) in [5.74, 6) is 0.406. The maximum atomic E-state index is 11.6. The van der Waals surface area contributed by atoms with Crippen molar-refractivity contribution in [3.63, 3.8) is 0 Å². The fraction of sp³-hybridized carbons (Fsp3) is 0.533. The van der Waals surface area contributed by atoms with E-state index >= 15 is 0 Å². The first-order valence-corrected chi connectivity index (χ1v) is 7.55. The summed E-state index contributed by atoms with van der Waals surface area (Å²) in [7, 11) is 0. The first-order chi connectivity index (χ1) is 9.15. The van der Waals surface area contributed by atoms with Crippen LogP contribution in [0.4, 0.5) is 0 Å². The van der Waals surface area contributed by atoms with E-state index in [0.29, 0.717) is 25.5 Å². The number of halogens is 1. The van der Waals surface area contributed by atoms with Gasteiger partial charge < -0.3 is 10.5 Å². The van der Waals surface area contributed by atoms with E-state index in [4.69, 9.17) is 10.5 Å². The van der Waals surface area contributed by atoms with Crippen molar-refractivity contribution in [2.75, 3.05) is 6.54 Å². The minimum Gasteiger partial charge on any atom is -0.461 e. The lowest BCUT2D eigenvalue weighted by atomic mass is 9.97. The molecule has 0 bridgehead atoms. The number of carbonyl (C=O) groups excluding carboxylic acids is 1. The third kappa shape index (κ3) is 6.73. The van der Waals surface area contributed by atoms with Gasteiger partial charge in [0, 0.05) is 10.9 Å². The van der Waals surface area contributed by atoms with Crippen LogP contribution in [0.25, 0.3) is 0 Å². The molecule has 2 N–H and O–H groups in total. The Morgan fingerprint density at radius 1 is 1.32 bits per heavy atom. The second kappa shape index (κ2) is 9.10. The lowest BCUT2D eigenvalue weighted by Gasteiger charge is -2.12. The molecule has 0 spiro atoms. The number of ether oxygens (including phenoxy) is 1. The van der Waals surface area contributed by atoms with Crippen LogP contribution in [0.2, 0.25) is 0 Å². The zero-order valence-electron chi connectivity index (χ0n) is 11.4. The van der Waals surface area contributed by atoms with Gasteiger partial charge in [-0.3, -0.25) is 4.79 Å². The van der Waals surface area contributed by atoms with Gasteiger partial charge in [0.1, 0.15) is 6.61 Å². The Bertz CT molecular complexity index is 378. The Kier molecular flexibility index (Phi) is 7.75. The minimum absolute atomic E-state index is 0.126. The summed E-state index contributed by atoms with van der Waals surface area (Å²) in [5.41, 5.74) is 6.54. The molecule has 0 saturated carbocycles. The van der Waals surface area contributed by atoms with Crippen LogP contribution >= 0.6 is 15.9 Å². The average molecular weight is 328 g/mol. The largest absolute Gasteiger partial charge is 0.461 e. The molecule has 19 heavy (non-hydrogen) atoms. The summed E-state index contributed by atoms with van der Waals surface area (Å²) in [6.07, 6.45) is 3.40. The molecule has 0 aromatic heterocycles. The van der Waals surface area contributed by atoms with E-state index < -0.39 is 0 Å². The Labute approximate surface area is 123 Å². The predicted octanol–water partition coefficient (Wildman–Crippen LogP) is 3.65. The Balaban J connectivity index is 2.25. The molecule has 0 aliphatic heterocycles. The van der Waals surface area contributed by atoms with Crippen molar-refractivity contribution in [3.8, 4) is 0 Å². The van der Waals surface area contributed by atoms with Gasteiger partial charge >= 0.3 is 5.97 Å². The Hall–Kier alpha value is -0.870. The van der Waals surface area contributed by atoms with Gasteiger partial charge in [-0.15, -0.1) is 0 Å². The van der Waals surface area contributed by atoms with Crippen molar-refractivity contribution in [2.24, 2.45) is 11.7 Å². The van der Waals surface area contributed by atoms with Gasteiger partial charge in [-0.05, 0) is 43.0 Å². The first-order valence-electron chi connectivity index (χ1n) is 6.75. The monoisotopic (exact) mass is 327 g/mol. The molecular weight excluding hydrogens is 306 g/mol. The lowest BCUT2D eigenvalue weighted by molar-refractivity contribution is -0.145. The van der Waals surface area contributed by atoms with Crippen molar-refractivity contribution in [1.82, 2.24) is 0 Å². The van der Waals surface area contributed by atoms with Crippen molar-refractivity contribution in [2.45, 2.75) is 39.2 Å². The van der Waals surface area contributed by atoms with Crippen LogP contribution in [0.5, 0.6) is 0 Å². The van der Waals surface area contributed by atoms with E-state index in [1.807, 2.05) is 24.3 Å². The molecule has 0 radical (unpaired) electrons. The molecule has 1 rings (SSSR count). The van der Waals surface area contributed by atoms with E-state index in [9.17, 15) is 4.79 Å². The highest BCUT2D eigenvalue weighted by molar-refractivity contribution is 9.10. The summed E-state index contributed by atoms with van der Waals surface area (Å²) < 4.78 is 6.28. The summed E-state index contributed by atoms with van der Waals surface area (Å²) in [6.45, 7) is 3.17. The molecule has 1 unspecified atom stereocenters. The van der Waals surface area contributed by atoms with E-state index in [-0.39, 0.29) is 5.97 Å². The molecule has 0 fully saturated rings. The number of hydrogen-bond acceptors (Lipinski definition) is 3. The molecule has 0 heterocycles. The lowest BCUT2D eigenvalue weighted by Crippen LogP contribution is -2.11. The zero-order chi connectivity index (χ0) is 14.1. The van der Waals surface area contributed by atoms with E-state index in [0.717, 1.165) is 29.3 Å². The van der Waals surface area contributed by atoms with Gasteiger partial charge in [0.15, 0.2) is 0 Å². The molecule has 0 saturated heterocycles. The number of esters is 1. The molecule has 106 valence electrons. The molecule has 1 aromatic rings. The molecule has 0 aliphatic carbocycles. The highest BCUT2D eigenvalue weighted by Crippen LogP contribution is 2.16. The maximum absolute atomic E-state index is 11.6. The first kappa shape index (κ1) is 16.2. The average Bonchev–Trinajstić information content (AvgIpc) is 2.42. The van der Waals surface area contributed by atoms with Crippen molar-refractivity contribution in [1.29, 1.82) is 0 Å². The number of rotatable bonds is 8.